The fourth-order valence-electron chi connectivity index (χ4n) is 3.77. The van der Waals surface area contributed by atoms with Crippen molar-refractivity contribution in [3.63, 3.8) is 0 Å². The zero-order valence-electron chi connectivity index (χ0n) is 15.5. The molecule has 1 aliphatic heterocycles. The van der Waals surface area contributed by atoms with Gasteiger partial charge in [0.25, 0.3) is 0 Å². The number of hydrogen-bond donors (Lipinski definition) is 1. The van der Waals surface area contributed by atoms with Crippen LogP contribution in [-0.4, -0.2) is 42.8 Å². The highest BCUT2D eigenvalue weighted by Gasteiger charge is 2.35. The van der Waals surface area contributed by atoms with Gasteiger partial charge in [-0.25, -0.2) is 0 Å². The number of piperidine rings is 1. The Morgan fingerprint density at radius 1 is 1.07 bits per heavy atom. The molecule has 0 bridgehead atoms. The summed E-state index contributed by atoms with van der Waals surface area (Å²) in [6.45, 7) is 0.721. The lowest BCUT2D eigenvalue weighted by Gasteiger charge is -2.39. The Morgan fingerprint density at radius 3 is 2.37 bits per heavy atom. The summed E-state index contributed by atoms with van der Waals surface area (Å²) in [6, 6.07) is 12.6. The molecule has 2 atom stereocenters. The molecule has 1 saturated heterocycles. The Hall–Kier alpha value is -2.24. The molecule has 0 aliphatic carbocycles. The van der Waals surface area contributed by atoms with E-state index in [-0.39, 0.29) is 6.04 Å². The van der Waals surface area contributed by atoms with Crippen LogP contribution in [0.5, 0.6) is 11.5 Å². The molecule has 2 aromatic rings. The van der Waals surface area contributed by atoms with E-state index in [1.807, 2.05) is 42.5 Å². The average molecular weight is 390 g/mol. The van der Waals surface area contributed by atoms with Crippen LogP contribution in [0.25, 0.3) is 0 Å². The van der Waals surface area contributed by atoms with Gasteiger partial charge in [0.15, 0.2) is 11.5 Å². The number of ether oxygens (including phenoxy) is 2. The number of carboxylic acids is 1. The lowest BCUT2D eigenvalue weighted by Crippen LogP contribution is -2.46. The second kappa shape index (κ2) is 8.63. The number of halogens is 1. The summed E-state index contributed by atoms with van der Waals surface area (Å²) in [5, 5.41) is 10.4. The van der Waals surface area contributed by atoms with Gasteiger partial charge >= 0.3 is 5.97 Å². The molecular formula is C21H24ClNO4. The highest BCUT2D eigenvalue weighted by molar-refractivity contribution is 6.30. The summed E-state index contributed by atoms with van der Waals surface area (Å²) in [5.74, 6) is 0.483. The molecule has 3 rings (SSSR count). The number of likely N-dealkylation sites (tertiary alicyclic amines) is 1. The summed E-state index contributed by atoms with van der Waals surface area (Å²) in [7, 11) is 3.19. The van der Waals surface area contributed by atoms with Crippen LogP contribution >= 0.6 is 11.6 Å². The maximum atomic E-state index is 11.9. The van der Waals surface area contributed by atoms with Crippen molar-refractivity contribution in [1.29, 1.82) is 0 Å². The van der Waals surface area contributed by atoms with Crippen molar-refractivity contribution in [2.24, 2.45) is 0 Å². The van der Waals surface area contributed by atoms with E-state index in [9.17, 15) is 9.90 Å². The van der Waals surface area contributed by atoms with Gasteiger partial charge in [-0.15, -0.1) is 0 Å². The molecule has 0 aromatic heterocycles. The van der Waals surface area contributed by atoms with Gasteiger partial charge < -0.3 is 14.6 Å². The lowest BCUT2D eigenvalue weighted by atomic mass is 9.91. The van der Waals surface area contributed by atoms with Gasteiger partial charge in [0, 0.05) is 5.02 Å². The van der Waals surface area contributed by atoms with Crippen molar-refractivity contribution in [3.8, 4) is 11.5 Å². The van der Waals surface area contributed by atoms with Crippen LogP contribution in [-0.2, 0) is 4.79 Å². The van der Waals surface area contributed by atoms with Crippen LogP contribution in [0.1, 0.15) is 36.4 Å². The van der Waals surface area contributed by atoms with Crippen LogP contribution in [0.15, 0.2) is 42.5 Å². The minimum Gasteiger partial charge on any atom is -0.493 e. The predicted molar refractivity (Wildman–Crippen MR) is 105 cm³/mol. The maximum Gasteiger partial charge on any atom is 0.320 e. The van der Waals surface area contributed by atoms with Crippen molar-refractivity contribution in [3.05, 3.63) is 58.6 Å². The summed E-state index contributed by atoms with van der Waals surface area (Å²) >= 11 is 6.07. The number of aliphatic carboxylic acids is 1. The predicted octanol–water partition coefficient (Wildman–Crippen LogP) is 4.39. The van der Waals surface area contributed by atoms with Gasteiger partial charge in [0.1, 0.15) is 6.04 Å². The third-order valence-corrected chi connectivity index (χ3v) is 5.32. The third-order valence-electron chi connectivity index (χ3n) is 5.07. The highest BCUT2D eigenvalue weighted by atomic mass is 35.5. The topological polar surface area (TPSA) is 59.0 Å². The first kappa shape index (κ1) is 19.5. The fourth-order valence-corrected chi connectivity index (χ4v) is 3.90. The Bertz CT molecular complexity index is 793. The minimum absolute atomic E-state index is 0.205. The molecule has 0 amide bonds. The van der Waals surface area contributed by atoms with E-state index in [1.165, 1.54) is 0 Å². The molecule has 1 heterocycles. The number of nitrogens with zero attached hydrogens (tertiary/aromatic N) is 1. The van der Waals surface area contributed by atoms with Crippen molar-refractivity contribution in [2.45, 2.75) is 31.3 Å². The molecule has 144 valence electrons. The van der Waals surface area contributed by atoms with E-state index < -0.39 is 12.0 Å². The summed E-state index contributed by atoms with van der Waals surface area (Å²) < 4.78 is 10.8. The normalized spacial score (nSPS) is 18.7. The highest BCUT2D eigenvalue weighted by Crippen LogP contribution is 2.38. The number of carbonyl (C=O) groups is 1. The van der Waals surface area contributed by atoms with Gasteiger partial charge in [-0.3, -0.25) is 9.69 Å². The smallest absolute Gasteiger partial charge is 0.320 e. The quantitative estimate of drug-likeness (QED) is 0.794. The summed E-state index contributed by atoms with van der Waals surface area (Å²) in [5.41, 5.74) is 1.96. The van der Waals surface area contributed by atoms with Gasteiger partial charge in [0.05, 0.1) is 20.3 Å². The van der Waals surface area contributed by atoms with Crippen LogP contribution in [0, 0.1) is 0 Å². The Kier molecular flexibility index (Phi) is 6.24. The van der Waals surface area contributed by atoms with E-state index in [2.05, 4.69) is 4.90 Å². The summed E-state index contributed by atoms with van der Waals surface area (Å²) in [6.07, 6.45) is 2.54. The minimum atomic E-state index is -0.783. The molecule has 5 nitrogen and oxygen atoms in total. The lowest BCUT2D eigenvalue weighted by molar-refractivity contribution is -0.145. The number of carboxylic acid groups (broad SMARTS) is 1. The molecule has 1 fully saturated rings. The van der Waals surface area contributed by atoms with E-state index in [0.29, 0.717) is 22.9 Å². The average Bonchev–Trinajstić information content (AvgIpc) is 2.69. The van der Waals surface area contributed by atoms with Crippen LogP contribution in [0.3, 0.4) is 0 Å². The largest absolute Gasteiger partial charge is 0.493 e. The van der Waals surface area contributed by atoms with Gasteiger partial charge in [-0.1, -0.05) is 36.2 Å². The second-order valence-electron chi connectivity index (χ2n) is 6.66. The van der Waals surface area contributed by atoms with Crippen LogP contribution in [0.4, 0.5) is 0 Å². The molecule has 1 N–H and O–H groups in total. The van der Waals surface area contributed by atoms with Gasteiger partial charge in [-0.2, -0.15) is 0 Å². The van der Waals surface area contributed by atoms with E-state index in [0.717, 1.165) is 30.5 Å². The molecule has 2 aromatic carbocycles. The van der Waals surface area contributed by atoms with E-state index in [1.54, 1.807) is 14.2 Å². The van der Waals surface area contributed by atoms with Gasteiger partial charge in [-0.05, 0) is 54.8 Å². The van der Waals surface area contributed by atoms with Crippen molar-refractivity contribution < 1.29 is 19.4 Å². The van der Waals surface area contributed by atoms with Gasteiger partial charge in [0.2, 0.25) is 0 Å². The number of hydrogen-bond acceptors (Lipinski definition) is 4. The van der Waals surface area contributed by atoms with E-state index in [4.69, 9.17) is 21.1 Å². The number of benzene rings is 2. The molecule has 0 spiro atoms. The molecule has 6 heteroatoms. The molecular weight excluding hydrogens is 366 g/mol. The van der Waals surface area contributed by atoms with Crippen molar-refractivity contribution in [1.82, 2.24) is 4.90 Å². The number of methoxy groups -OCH3 is 2. The zero-order chi connectivity index (χ0) is 19.4. The zero-order valence-corrected chi connectivity index (χ0v) is 16.3. The first-order valence-corrected chi connectivity index (χ1v) is 9.39. The molecule has 1 aliphatic rings. The molecule has 0 radical (unpaired) electrons. The van der Waals surface area contributed by atoms with Crippen LogP contribution in [0.2, 0.25) is 5.02 Å². The Balaban J connectivity index is 2.10. The standard InChI is InChI=1S/C21H24ClNO4/c1-26-18-11-8-15(13-19(18)27-2)20(14-6-9-16(22)10-7-14)23-12-4-3-5-17(23)21(24)25/h6-11,13,17,20H,3-5,12H2,1-2H3,(H,24,25). The van der Waals surface area contributed by atoms with Crippen LogP contribution < -0.4 is 9.47 Å². The Morgan fingerprint density at radius 2 is 1.74 bits per heavy atom. The fraction of sp³-hybridized carbons (Fsp3) is 0.381. The Labute approximate surface area is 164 Å². The first-order valence-electron chi connectivity index (χ1n) is 9.01. The third kappa shape index (κ3) is 4.20. The SMILES string of the molecule is COc1ccc(C(c2ccc(Cl)cc2)N2CCCCC2C(=O)O)cc1OC. The van der Waals surface area contributed by atoms with E-state index >= 15 is 0 Å². The maximum absolute atomic E-state index is 11.9. The number of rotatable bonds is 6. The monoisotopic (exact) mass is 389 g/mol. The van der Waals surface area contributed by atoms with Crippen molar-refractivity contribution >= 4 is 17.6 Å². The molecule has 27 heavy (non-hydrogen) atoms. The van der Waals surface area contributed by atoms with Crippen molar-refractivity contribution in [2.75, 3.05) is 20.8 Å². The second-order valence-corrected chi connectivity index (χ2v) is 7.09. The first-order chi connectivity index (χ1) is 13.0. The molecule has 2 unspecified atom stereocenters. The summed E-state index contributed by atoms with van der Waals surface area (Å²) in [4.78, 5) is 14.0. The molecule has 0 saturated carbocycles.